The third kappa shape index (κ3) is 2.19. The summed E-state index contributed by atoms with van der Waals surface area (Å²) in [6, 6.07) is 21.2. The number of benzene rings is 3. The molecule has 5 atom stereocenters. The maximum atomic E-state index is 11.6. The fourth-order valence-electron chi connectivity index (χ4n) is 6.45. The van der Waals surface area contributed by atoms with Crippen LogP contribution in [0.5, 0.6) is 0 Å². The van der Waals surface area contributed by atoms with Gasteiger partial charge in [0.2, 0.25) is 0 Å². The molecular weight excluding hydrogens is 346 g/mol. The summed E-state index contributed by atoms with van der Waals surface area (Å²) in [5, 5.41) is 15.9. The molecule has 0 saturated heterocycles. The summed E-state index contributed by atoms with van der Waals surface area (Å²) in [5.41, 5.74) is 4.14. The topological polar surface area (TPSA) is 49.3 Å². The molecule has 2 N–H and O–H groups in total. The lowest BCUT2D eigenvalue weighted by atomic mass is 9.67. The van der Waals surface area contributed by atoms with E-state index in [-0.39, 0.29) is 6.04 Å². The van der Waals surface area contributed by atoms with E-state index in [1.165, 1.54) is 41.2 Å². The monoisotopic (exact) mass is 369 g/mol. The smallest absolute Gasteiger partial charge is 0.335 e. The molecule has 3 aromatic rings. The molecule has 3 nitrogen and oxygen atoms in total. The van der Waals surface area contributed by atoms with Gasteiger partial charge in [-0.3, -0.25) is 0 Å². The van der Waals surface area contributed by atoms with Crippen molar-refractivity contribution in [3.8, 4) is 0 Å². The SMILES string of the molecule is O=C(O)c1ccc2c(c1)[C@@H]1[C@H]3CC[C@@H](C3)[C@H]1[C@H](c1cccc3ccccc13)N2. The molecule has 6 rings (SSSR count). The second kappa shape index (κ2) is 5.84. The number of nitrogens with one attached hydrogen (secondary N) is 1. The van der Waals surface area contributed by atoms with E-state index < -0.39 is 5.97 Å². The minimum atomic E-state index is -0.835. The second-order valence-electron chi connectivity index (χ2n) is 8.73. The summed E-state index contributed by atoms with van der Waals surface area (Å²) < 4.78 is 0. The molecule has 140 valence electrons. The van der Waals surface area contributed by atoms with Crippen LogP contribution in [0.2, 0.25) is 0 Å². The number of anilines is 1. The highest BCUT2D eigenvalue weighted by molar-refractivity contribution is 5.89. The molecule has 0 radical (unpaired) electrons. The van der Waals surface area contributed by atoms with Crippen LogP contribution in [0.3, 0.4) is 0 Å². The number of hydrogen-bond donors (Lipinski definition) is 2. The number of carboxylic acids is 1. The third-order valence-corrected chi connectivity index (χ3v) is 7.49. The number of hydrogen-bond acceptors (Lipinski definition) is 2. The number of carbonyl (C=O) groups is 1. The highest BCUT2D eigenvalue weighted by Crippen LogP contribution is 2.64. The van der Waals surface area contributed by atoms with Gasteiger partial charge in [-0.2, -0.15) is 0 Å². The molecule has 0 amide bonds. The van der Waals surface area contributed by atoms with Gasteiger partial charge in [0.15, 0.2) is 0 Å². The van der Waals surface area contributed by atoms with E-state index in [2.05, 4.69) is 47.8 Å². The van der Waals surface area contributed by atoms with Crippen molar-refractivity contribution in [1.82, 2.24) is 0 Å². The molecular formula is C25H23NO2. The molecule has 0 unspecified atom stereocenters. The largest absolute Gasteiger partial charge is 0.478 e. The van der Waals surface area contributed by atoms with Crippen molar-refractivity contribution in [2.24, 2.45) is 17.8 Å². The van der Waals surface area contributed by atoms with Crippen LogP contribution in [0.4, 0.5) is 5.69 Å². The summed E-state index contributed by atoms with van der Waals surface area (Å²) >= 11 is 0. The molecule has 0 aromatic heterocycles. The van der Waals surface area contributed by atoms with Gasteiger partial charge >= 0.3 is 5.97 Å². The molecule has 2 bridgehead atoms. The molecule has 1 aliphatic heterocycles. The maximum absolute atomic E-state index is 11.6. The minimum absolute atomic E-state index is 0.287. The van der Waals surface area contributed by atoms with Crippen LogP contribution in [0.15, 0.2) is 60.7 Å². The average Bonchev–Trinajstić information content (AvgIpc) is 3.35. The van der Waals surface area contributed by atoms with Gasteiger partial charge < -0.3 is 10.4 Å². The van der Waals surface area contributed by atoms with E-state index in [0.717, 1.165) is 11.6 Å². The molecule has 2 aliphatic carbocycles. The van der Waals surface area contributed by atoms with Crippen molar-refractivity contribution < 1.29 is 9.90 Å². The first-order chi connectivity index (χ1) is 13.7. The van der Waals surface area contributed by atoms with Crippen molar-refractivity contribution in [3.63, 3.8) is 0 Å². The minimum Gasteiger partial charge on any atom is -0.478 e. The summed E-state index contributed by atoms with van der Waals surface area (Å²) in [6.45, 7) is 0. The number of rotatable bonds is 2. The Kier molecular flexibility index (Phi) is 3.37. The zero-order valence-electron chi connectivity index (χ0n) is 15.6. The van der Waals surface area contributed by atoms with E-state index in [4.69, 9.17) is 0 Å². The van der Waals surface area contributed by atoms with E-state index in [1.807, 2.05) is 12.1 Å². The molecule has 28 heavy (non-hydrogen) atoms. The lowest BCUT2D eigenvalue weighted by molar-refractivity contribution is 0.0696. The Morgan fingerprint density at radius 1 is 0.929 bits per heavy atom. The van der Waals surface area contributed by atoms with Gasteiger partial charge in [-0.25, -0.2) is 4.79 Å². The van der Waals surface area contributed by atoms with E-state index in [9.17, 15) is 9.90 Å². The van der Waals surface area contributed by atoms with Crippen LogP contribution in [0.25, 0.3) is 10.8 Å². The van der Waals surface area contributed by atoms with E-state index in [0.29, 0.717) is 23.3 Å². The average molecular weight is 369 g/mol. The van der Waals surface area contributed by atoms with Gasteiger partial charge in [-0.05, 0) is 83.0 Å². The van der Waals surface area contributed by atoms with Crippen LogP contribution in [-0.4, -0.2) is 11.1 Å². The quantitative estimate of drug-likeness (QED) is 0.597. The lowest BCUT2D eigenvalue weighted by Gasteiger charge is -2.44. The Morgan fingerprint density at radius 2 is 1.75 bits per heavy atom. The maximum Gasteiger partial charge on any atom is 0.335 e. The van der Waals surface area contributed by atoms with Gasteiger partial charge in [-0.1, -0.05) is 42.5 Å². The van der Waals surface area contributed by atoms with Gasteiger partial charge in [0, 0.05) is 5.69 Å². The Balaban J connectivity index is 1.54. The van der Waals surface area contributed by atoms with Crippen molar-refractivity contribution in [2.75, 3.05) is 5.32 Å². The number of aromatic carboxylic acids is 1. The van der Waals surface area contributed by atoms with Crippen molar-refractivity contribution in [2.45, 2.75) is 31.2 Å². The van der Waals surface area contributed by atoms with Crippen molar-refractivity contribution in [1.29, 1.82) is 0 Å². The lowest BCUT2D eigenvalue weighted by Crippen LogP contribution is -2.35. The van der Waals surface area contributed by atoms with Gasteiger partial charge in [0.25, 0.3) is 0 Å². The molecule has 2 fully saturated rings. The van der Waals surface area contributed by atoms with E-state index in [1.54, 1.807) is 6.07 Å². The first-order valence-electron chi connectivity index (χ1n) is 10.3. The van der Waals surface area contributed by atoms with Gasteiger partial charge in [0.1, 0.15) is 0 Å². The zero-order valence-corrected chi connectivity index (χ0v) is 15.6. The molecule has 3 aliphatic rings. The predicted octanol–water partition coefficient (Wildman–Crippen LogP) is 5.83. The first-order valence-corrected chi connectivity index (χ1v) is 10.3. The van der Waals surface area contributed by atoms with Crippen LogP contribution in [0, 0.1) is 17.8 Å². The normalized spacial score (nSPS) is 29.9. The first kappa shape index (κ1) is 16.2. The number of fused-ring (bicyclic) bond motifs is 8. The second-order valence-corrected chi connectivity index (χ2v) is 8.73. The Morgan fingerprint density at radius 3 is 2.64 bits per heavy atom. The summed E-state index contributed by atoms with van der Waals surface area (Å²) in [5.74, 6) is 1.60. The van der Waals surface area contributed by atoms with Crippen LogP contribution < -0.4 is 5.32 Å². The Hall–Kier alpha value is -2.81. The van der Waals surface area contributed by atoms with Crippen molar-refractivity contribution >= 4 is 22.4 Å². The molecule has 3 aromatic carbocycles. The highest BCUT2D eigenvalue weighted by atomic mass is 16.4. The third-order valence-electron chi connectivity index (χ3n) is 7.49. The Labute approximate surface area is 164 Å². The summed E-state index contributed by atoms with van der Waals surface area (Å²) in [7, 11) is 0. The molecule has 0 spiro atoms. The van der Waals surface area contributed by atoms with Crippen LogP contribution in [0.1, 0.15) is 52.7 Å². The molecule has 2 saturated carbocycles. The predicted molar refractivity (Wildman–Crippen MR) is 111 cm³/mol. The highest BCUT2D eigenvalue weighted by Gasteiger charge is 2.54. The Bertz CT molecular complexity index is 1100. The molecule has 1 heterocycles. The number of carboxylic acid groups (broad SMARTS) is 1. The van der Waals surface area contributed by atoms with Crippen LogP contribution in [-0.2, 0) is 0 Å². The van der Waals surface area contributed by atoms with Gasteiger partial charge in [0.05, 0.1) is 11.6 Å². The fourth-order valence-corrected chi connectivity index (χ4v) is 6.45. The van der Waals surface area contributed by atoms with Crippen LogP contribution >= 0.6 is 0 Å². The van der Waals surface area contributed by atoms with E-state index >= 15 is 0 Å². The summed E-state index contributed by atoms with van der Waals surface area (Å²) in [4.78, 5) is 11.6. The summed E-state index contributed by atoms with van der Waals surface area (Å²) in [6.07, 6.45) is 3.88. The molecule has 3 heteroatoms. The zero-order chi connectivity index (χ0) is 18.8. The van der Waals surface area contributed by atoms with Crippen molar-refractivity contribution in [3.05, 3.63) is 77.4 Å². The van der Waals surface area contributed by atoms with Gasteiger partial charge in [-0.15, -0.1) is 0 Å². The standard InChI is InChI=1S/C25H23NO2/c27-25(28)17-10-11-21-20(13-17)22-15-8-9-16(12-15)23(22)24(26-21)19-7-3-5-14-4-1-2-6-18(14)19/h1-7,10-11,13,15-16,22-24,26H,8-9,12H2,(H,27,28)/t15-,16-,22-,23+,24-/m0/s1. The fraction of sp³-hybridized carbons (Fsp3) is 0.320.